The Morgan fingerprint density at radius 2 is 2.28 bits per heavy atom. The van der Waals surface area contributed by atoms with Crippen molar-refractivity contribution < 1.29 is 19.6 Å². The number of nitrogens with zero attached hydrogens (tertiary/aromatic N) is 1. The summed E-state index contributed by atoms with van der Waals surface area (Å²) in [4.78, 5) is 20.5. The van der Waals surface area contributed by atoms with Crippen molar-refractivity contribution in [2.45, 2.75) is 13.3 Å². The Morgan fingerprint density at radius 3 is 2.83 bits per heavy atom. The van der Waals surface area contributed by atoms with Gasteiger partial charge in [-0.25, -0.2) is 0 Å². The maximum Gasteiger partial charge on any atom is 0.307 e. The Labute approximate surface area is 104 Å². The first-order chi connectivity index (χ1) is 8.54. The highest BCUT2D eigenvalue weighted by Gasteiger charge is 2.09. The second kappa shape index (κ2) is 6.39. The highest BCUT2D eigenvalue weighted by Crippen LogP contribution is 2.25. The van der Waals surface area contributed by atoms with Crippen LogP contribution >= 0.6 is 0 Å². The maximum absolute atomic E-state index is 10.7. The fraction of sp³-hybridized carbons (Fsp3) is 0.250. The molecule has 1 N–H and O–H groups in total. The van der Waals surface area contributed by atoms with E-state index < -0.39 is 10.9 Å². The number of aliphatic carboxylic acids is 1. The van der Waals surface area contributed by atoms with Crippen LogP contribution in [0.15, 0.2) is 24.3 Å². The molecule has 1 aromatic rings. The van der Waals surface area contributed by atoms with Gasteiger partial charge in [-0.15, -0.1) is 0 Å². The van der Waals surface area contributed by atoms with Gasteiger partial charge in [0.2, 0.25) is 0 Å². The minimum atomic E-state index is -0.963. The third-order valence-corrected chi connectivity index (χ3v) is 2.09. The Hall–Kier alpha value is -2.37. The molecule has 0 aliphatic heterocycles. The van der Waals surface area contributed by atoms with E-state index in [0.29, 0.717) is 17.9 Å². The van der Waals surface area contributed by atoms with Gasteiger partial charge >= 0.3 is 5.97 Å². The number of nitro groups is 1. The molecule has 0 fully saturated rings. The molecular formula is C12H13NO5. The lowest BCUT2D eigenvalue weighted by Gasteiger charge is -2.06. The van der Waals surface area contributed by atoms with Gasteiger partial charge in [-0.1, -0.05) is 12.2 Å². The van der Waals surface area contributed by atoms with Gasteiger partial charge < -0.3 is 9.84 Å². The molecule has 0 aliphatic carbocycles. The summed E-state index contributed by atoms with van der Waals surface area (Å²) < 4.78 is 5.31. The van der Waals surface area contributed by atoms with Gasteiger partial charge in [0.05, 0.1) is 18.0 Å². The lowest BCUT2D eigenvalue weighted by atomic mass is 10.1. The van der Waals surface area contributed by atoms with E-state index in [2.05, 4.69) is 0 Å². The highest BCUT2D eigenvalue weighted by atomic mass is 16.6. The molecule has 0 atom stereocenters. The van der Waals surface area contributed by atoms with Crippen molar-refractivity contribution in [3.05, 3.63) is 40.0 Å². The van der Waals surface area contributed by atoms with Crippen molar-refractivity contribution >= 4 is 17.7 Å². The van der Waals surface area contributed by atoms with Crippen LogP contribution in [0.2, 0.25) is 0 Å². The summed E-state index contributed by atoms with van der Waals surface area (Å²) in [6.07, 6.45) is 2.78. The first-order valence-corrected chi connectivity index (χ1v) is 5.34. The van der Waals surface area contributed by atoms with Crippen molar-refractivity contribution in [3.63, 3.8) is 0 Å². The van der Waals surface area contributed by atoms with Crippen LogP contribution in [-0.2, 0) is 4.79 Å². The standard InChI is InChI=1S/C12H13NO5/c1-2-18-11-7-6-10(13(16)17)8-9(11)4-3-5-12(14)15/h3-4,6-8H,2,5H2,1H3,(H,14,15). The topological polar surface area (TPSA) is 89.7 Å². The molecule has 0 aliphatic rings. The average Bonchev–Trinajstić information content (AvgIpc) is 2.30. The second-order valence-electron chi connectivity index (χ2n) is 3.41. The minimum Gasteiger partial charge on any atom is -0.493 e. The molecule has 1 aromatic carbocycles. The van der Waals surface area contributed by atoms with E-state index in [4.69, 9.17) is 9.84 Å². The number of carbonyl (C=O) groups is 1. The predicted molar refractivity (Wildman–Crippen MR) is 65.6 cm³/mol. The van der Waals surface area contributed by atoms with Gasteiger partial charge in [0.1, 0.15) is 5.75 Å². The third kappa shape index (κ3) is 3.89. The SMILES string of the molecule is CCOc1ccc([N+](=O)[O-])cc1C=CCC(=O)O. The van der Waals surface area contributed by atoms with Gasteiger partial charge in [0.15, 0.2) is 0 Å². The number of nitro benzene ring substituents is 1. The zero-order valence-electron chi connectivity index (χ0n) is 9.83. The molecule has 0 amide bonds. The van der Waals surface area contributed by atoms with Crippen molar-refractivity contribution in [2.75, 3.05) is 6.61 Å². The normalized spacial score (nSPS) is 10.5. The Morgan fingerprint density at radius 1 is 1.56 bits per heavy atom. The van der Waals surface area contributed by atoms with Crippen molar-refractivity contribution in [2.24, 2.45) is 0 Å². The van der Waals surface area contributed by atoms with Gasteiger partial charge in [-0.05, 0) is 13.0 Å². The molecule has 0 saturated heterocycles. The molecular weight excluding hydrogens is 238 g/mol. The molecule has 0 saturated carbocycles. The number of benzene rings is 1. The molecule has 6 heteroatoms. The first kappa shape index (κ1) is 13.7. The summed E-state index contributed by atoms with van der Waals surface area (Å²) in [5.74, 6) is -0.473. The number of carboxylic acids is 1. The predicted octanol–water partition coefficient (Wildman–Crippen LogP) is 2.48. The number of hydrogen-bond acceptors (Lipinski definition) is 4. The maximum atomic E-state index is 10.7. The van der Waals surface area contributed by atoms with Crippen molar-refractivity contribution in [1.29, 1.82) is 0 Å². The molecule has 0 heterocycles. The van der Waals surface area contributed by atoms with Crippen molar-refractivity contribution in [3.8, 4) is 5.75 Å². The molecule has 6 nitrogen and oxygen atoms in total. The number of rotatable bonds is 6. The quantitative estimate of drug-likeness (QED) is 0.619. The summed E-state index contributed by atoms with van der Waals surface area (Å²) in [5.41, 5.74) is 0.431. The summed E-state index contributed by atoms with van der Waals surface area (Å²) in [6, 6.07) is 4.20. The summed E-state index contributed by atoms with van der Waals surface area (Å²) in [6.45, 7) is 2.23. The molecule has 0 spiro atoms. The minimum absolute atomic E-state index is 0.0616. The van der Waals surface area contributed by atoms with Gasteiger partial charge in [-0.3, -0.25) is 14.9 Å². The van der Waals surface area contributed by atoms with E-state index in [1.54, 1.807) is 6.92 Å². The van der Waals surface area contributed by atoms with Crippen LogP contribution in [0.1, 0.15) is 18.9 Å². The summed E-state index contributed by atoms with van der Waals surface area (Å²) >= 11 is 0. The zero-order chi connectivity index (χ0) is 13.5. The van der Waals surface area contributed by atoms with E-state index >= 15 is 0 Å². The Kier molecular flexibility index (Phi) is 4.86. The van der Waals surface area contributed by atoms with Crippen LogP contribution in [0.25, 0.3) is 6.08 Å². The highest BCUT2D eigenvalue weighted by molar-refractivity contribution is 5.71. The van der Waals surface area contributed by atoms with Crippen LogP contribution in [0.5, 0.6) is 5.75 Å². The number of non-ortho nitro benzene ring substituents is 1. The molecule has 96 valence electrons. The molecule has 18 heavy (non-hydrogen) atoms. The molecule has 0 unspecified atom stereocenters. The fourth-order valence-corrected chi connectivity index (χ4v) is 1.35. The lowest BCUT2D eigenvalue weighted by Crippen LogP contribution is -1.96. The van der Waals surface area contributed by atoms with Crippen LogP contribution in [0, 0.1) is 10.1 Å². The summed E-state index contributed by atoms with van der Waals surface area (Å²) in [7, 11) is 0. The van der Waals surface area contributed by atoms with Gasteiger partial charge in [0, 0.05) is 17.7 Å². The van der Waals surface area contributed by atoms with Gasteiger partial charge in [0.25, 0.3) is 5.69 Å². The smallest absolute Gasteiger partial charge is 0.307 e. The molecule has 0 aromatic heterocycles. The van der Waals surface area contributed by atoms with Crippen LogP contribution in [-0.4, -0.2) is 22.6 Å². The van der Waals surface area contributed by atoms with E-state index in [1.165, 1.54) is 30.4 Å². The second-order valence-corrected chi connectivity index (χ2v) is 3.41. The number of hydrogen-bond donors (Lipinski definition) is 1. The molecule has 0 radical (unpaired) electrons. The van der Waals surface area contributed by atoms with Crippen molar-refractivity contribution in [1.82, 2.24) is 0 Å². The van der Waals surface area contributed by atoms with E-state index in [1.807, 2.05) is 0 Å². The number of ether oxygens (including phenoxy) is 1. The fourth-order valence-electron chi connectivity index (χ4n) is 1.35. The van der Waals surface area contributed by atoms with Crippen LogP contribution < -0.4 is 4.74 Å². The van der Waals surface area contributed by atoms with E-state index in [0.717, 1.165) is 0 Å². The van der Waals surface area contributed by atoms with Crippen LogP contribution in [0.4, 0.5) is 5.69 Å². The van der Waals surface area contributed by atoms with E-state index in [9.17, 15) is 14.9 Å². The molecule has 0 bridgehead atoms. The lowest BCUT2D eigenvalue weighted by molar-refractivity contribution is -0.384. The van der Waals surface area contributed by atoms with E-state index in [-0.39, 0.29) is 12.1 Å². The van der Waals surface area contributed by atoms with Crippen LogP contribution in [0.3, 0.4) is 0 Å². The Balaban J connectivity index is 3.02. The van der Waals surface area contributed by atoms with Gasteiger partial charge in [-0.2, -0.15) is 0 Å². The number of carboxylic acid groups (broad SMARTS) is 1. The summed E-state index contributed by atoms with van der Waals surface area (Å²) in [5, 5.41) is 19.2. The zero-order valence-corrected chi connectivity index (χ0v) is 9.83. The largest absolute Gasteiger partial charge is 0.493 e. The Bertz CT molecular complexity index is 481. The first-order valence-electron chi connectivity index (χ1n) is 5.34. The third-order valence-electron chi connectivity index (χ3n) is 2.09. The average molecular weight is 251 g/mol. The monoisotopic (exact) mass is 251 g/mol. The molecule has 1 rings (SSSR count).